The maximum atomic E-state index is 8.80. The number of hydrogen-bond acceptors (Lipinski definition) is 3. The van der Waals surface area contributed by atoms with Gasteiger partial charge in [-0.25, -0.2) is 0 Å². The molecular formula is C14H20N4. The van der Waals surface area contributed by atoms with Crippen molar-refractivity contribution in [1.29, 1.82) is 5.26 Å². The van der Waals surface area contributed by atoms with Crippen LogP contribution in [0.2, 0.25) is 0 Å². The smallest absolute Gasteiger partial charge is 0.0991 e. The fourth-order valence-electron chi connectivity index (χ4n) is 1.74. The highest BCUT2D eigenvalue weighted by Crippen LogP contribution is 2.21. The van der Waals surface area contributed by atoms with Crippen LogP contribution >= 0.6 is 0 Å². The van der Waals surface area contributed by atoms with Gasteiger partial charge >= 0.3 is 0 Å². The van der Waals surface area contributed by atoms with E-state index in [0.717, 1.165) is 11.3 Å². The Morgan fingerprint density at radius 2 is 1.78 bits per heavy atom. The van der Waals surface area contributed by atoms with Crippen molar-refractivity contribution >= 4 is 5.69 Å². The van der Waals surface area contributed by atoms with Crippen molar-refractivity contribution in [3.05, 3.63) is 29.3 Å². The summed E-state index contributed by atoms with van der Waals surface area (Å²) in [5.74, 6) is 0. The maximum Gasteiger partial charge on any atom is 0.0991 e. The highest BCUT2D eigenvalue weighted by Gasteiger charge is 2.10. The topological polar surface area (TPSA) is 51.8 Å². The predicted molar refractivity (Wildman–Crippen MR) is 72.5 cm³/mol. The van der Waals surface area contributed by atoms with Crippen molar-refractivity contribution in [3.8, 4) is 6.07 Å². The summed E-state index contributed by atoms with van der Waals surface area (Å²) in [5, 5.41) is 19.3. The van der Waals surface area contributed by atoms with E-state index in [1.807, 2.05) is 24.1 Å². The van der Waals surface area contributed by atoms with Crippen LogP contribution in [0.15, 0.2) is 28.5 Å². The van der Waals surface area contributed by atoms with Crippen molar-refractivity contribution < 1.29 is 0 Å². The Morgan fingerprint density at radius 1 is 1.17 bits per heavy atom. The number of aryl methyl sites for hydroxylation is 1. The van der Waals surface area contributed by atoms with Crippen molar-refractivity contribution in [3.63, 3.8) is 0 Å². The molecule has 1 rings (SSSR count). The Morgan fingerprint density at radius 3 is 2.22 bits per heavy atom. The van der Waals surface area contributed by atoms with Gasteiger partial charge in [0.05, 0.1) is 17.3 Å². The monoisotopic (exact) mass is 244 g/mol. The summed E-state index contributed by atoms with van der Waals surface area (Å²) < 4.78 is 0. The van der Waals surface area contributed by atoms with E-state index in [1.165, 1.54) is 0 Å². The molecule has 0 aliphatic heterocycles. The van der Waals surface area contributed by atoms with Crippen LogP contribution in [0.4, 0.5) is 5.69 Å². The second kappa shape index (κ2) is 6.15. The summed E-state index contributed by atoms with van der Waals surface area (Å²) in [7, 11) is 0. The largest absolute Gasteiger partial charge is 0.273 e. The molecule has 0 aliphatic rings. The minimum Gasteiger partial charge on any atom is -0.273 e. The van der Waals surface area contributed by atoms with E-state index in [2.05, 4.69) is 44.1 Å². The van der Waals surface area contributed by atoms with E-state index in [0.29, 0.717) is 17.6 Å². The van der Waals surface area contributed by atoms with Crippen molar-refractivity contribution in [1.82, 2.24) is 5.01 Å². The standard InChI is InChI=1S/C14H20N4/c1-10(2)18(11(3)4)17-16-14-7-6-13(9-15)8-12(14)5/h6-8,10-11H,1-5H3. The van der Waals surface area contributed by atoms with Gasteiger partial charge in [-0.15, -0.1) is 5.11 Å². The molecule has 0 fully saturated rings. The highest BCUT2D eigenvalue weighted by atomic mass is 15.6. The molecular weight excluding hydrogens is 224 g/mol. The number of nitrogens with zero attached hydrogens (tertiary/aromatic N) is 4. The summed E-state index contributed by atoms with van der Waals surface area (Å²) in [5.41, 5.74) is 2.42. The van der Waals surface area contributed by atoms with Crippen LogP contribution in [0.3, 0.4) is 0 Å². The first-order chi connectivity index (χ1) is 8.45. The lowest BCUT2D eigenvalue weighted by Crippen LogP contribution is -2.31. The Hall–Kier alpha value is -1.89. The van der Waals surface area contributed by atoms with Crippen LogP contribution in [0.25, 0.3) is 0 Å². The van der Waals surface area contributed by atoms with Crippen LogP contribution in [0.1, 0.15) is 38.8 Å². The van der Waals surface area contributed by atoms with Crippen molar-refractivity contribution in [2.24, 2.45) is 10.3 Å². The van der Waals surface area contributed by atoms with Crippen LogP contribution < -0.4 is 0 Å². The molecule has 0 unspecified atom stereocenters. The van der Waals surface area contributed by atoms with Gasteiger partial charge in [0, 0.05) is 12.1 Å². The van der Waals surface area contributed by atoms with Gasteiger partial charge in [0.1, 0.15) is 0 Å². The summed E-state index contributed by atoms with van der Waals surface area (Å²) in [6.45, 7) is 10.3. The van der Waals surface area contributed by atoms with Gasteiger partial charge in [0.2, 0.25) is 0 Å². The fraction of sp³-hybridized carbons (Fsp3) is 0.500. The van der Waals surface area contributed by atoms with Gasteiger partial charge < -0.3 is 0 Å². The molecule has 0 saturated carbocycles. The summed E-state index contributed by atoms with van der Waals surface area (Å²) in [6.07, 6.45) is 0. The lowest BCUT2D eigenvalue weighted by atomic mass is 10.1. The van der Waals surface area contributed by atoms with E-state index in [4.69, 9.17) is 5.26 Å². The SMILES string of the molecule is Cc1cc(C#N)ccc1N=NN(C(C)C)C(C)C. The van der Waals surface area contributed by atoms with Gasteiger partial charge in [-0.3, -0.25) is 5.01 Å². The van der Waals surface area contributed by atoms with Gasteiger partial charge in [-0.2, -0.15) is 5.26 Å². The molecule has 1 aromatic carbocycles. The molecule has 0 heterocycles. The molecule has 0 spiro atoms. The van der Waals surface area contributed by atoms with Gasteiger partial charge in [-0.1, -0.05) is 5.22 Å². The molecule has 1 aromatic rings. The minimum absolute atomic E-state index is 0.312. The maximum absolute atomic E-state index is 8.80. The molecule has 0 aromatic heterocycles. The van der Waals surface area contributed by atoms with Gasteiger partial charge in [0.15, 0.2) is 0 Å². The molecule has 4 heteroatoms. The third-order valence-corrected chi connectivity index (χ3v) is 2.64. The third kappa shape index (κ3) is 3.56. The van der Waals surface area contributed by atoms with E-state index >= 15 is 0 Å². The van der Waals surface area contributed by atoms with Crippen molar-refractivity contribution in [2.45, 2.75) is 46.7 Å². The minimum atomic E-state index is 0.312. The van der Waals surface area contributed by atoms with E-state index in [-0.39, 0.29) is 0 Å². The van der Waals surface area contributed by atoms with Crippen LogP contribution in [0.5, 0.6) is 0 Å². The van der Waals surface area contributed by atoms with Crippen LogP contribution in [0, 0.1) is 18.3 Å². The Labute approximate surface area is 109 Å². The number of benzene rings is 1. The number of nitriles is 1. The lowest BCUT2D eigenvalue weighted by molar-refractivity contribution is 0.169. The molecule has 18 heavy (non-hydrogen) atoms. The van der Waals surface area contributed by atoms with E-state index in [1.54, 1.807) is 6.07 Å². The first kappa shape index (κ1) is 14.2. The zero-order chi connectivity index (χ0) is 13.7. The summed E-state index contributed by atoms with van der Waals surface area (Å²) >= 11 is 0. The predicted octanol–water partition coefficient (Wildman–Crippen LogP) is 3.98. The number of rotatable bonds is 4. The highest BCUT2D eigenvalue weighted by molar-refractivity contribution is 5.49. The van der Waals surface area contributed by atoms with Crippen molar-refractivity contribution in [2.75, 3.05) is 0 Å². The second-order valence-corrected chi connectivity index (χ2v) is 4.87. The van der Waals surface area contributed by atoms with E-state index < -0.39 is 0 Å². The quantitative estimate of drug-likeness (QED) is 0.594. The molecule has 0 radical (unpaired) electrons. The molecule has 0 saturated heterocycles. The average Bonchev–Trinajstić information content (AvgIpc) is 2.30. The molecule has 0 atom stereocenters. The summed E-state index contributed by atoms with van der Waals surface area (Å²) in [6, 6.07) is 8.15. The average molecular weight is 244 g/mol. The summed E-state index contributed by atoms with van der Waals surface area (Å²) in [4.78, 5) is 0. The molecule has 96 valence electrons. The fourth-order valence-corrected chi connectivity index (χ4v) is 1.74. The molecule has 4 nitrogen and oxygen atoms in total. The van der Waals surface area contributed by atoms with Gasteiger partial charge in [-0.05, 0) is 58.4 Å². The van der Waals surface area contributed by atoms with Crippen LogP contribution in [-0.2, 0) is 0 Å². The molecule has 0 amide bonds. The van der Waals surface area contributed by atoms with Crippen LogP contribution in [-0.4, -0.2) is 17.1 Å². The zero-order valence-corrected chi connectivity index (χ0v) is 11.7. The second-order valence-electron chi connectivity index (χ2n) is 4.87. The number of hydrogen-bond donors (Lipinski definition) is 0. The molecule has 0 N–H and O–H groups in total. The third-order valence-electron chi connectivity index (χ3n) is 2.64. The first-order valence-electron chi connectivity index (χ1n) is 6.16. The lowest BCUT2D eigenvalue weighted by Gasteiger charge is -2.25. The molecule has 0 aliphatic carbocycles. The van der Waals surface area contributed by atoms with E-state index in [9.17, 15) is 0 Å². The van der Waals surface area contributed by atoms with Gasteiger partial charge in [0.25, 0.3) is 0 Å². The zero-order valence-electron chi connectivity index (χ0n) is 11.7. The Balaban J connectivity index is 2.93. The first-order valence-corrected chi connectivity index (χ1v) is 6.16. The Kier molecular flexibility index (Phi) is 4.85. The Bertz CT molecular complexity index is 461. The molecule has 0 bridgehead atoms. The normalized spacial score (nSPS) is 11.2.